The Morgan fingerprint density at radius 2 is 1.63 bits per heavy atom. The number of piperidine rings is 1. The van der Waals surface area contributed by atoms with Crippen LogP contribution in [0, 0.1) is 18.6 Å². The molecule has 41 heavy (non-hydrogen) atoms. The van der Waals surface area contributed by atoms with Crippen molar-refractivity contribution in [1.29, 1.82) is 0 Å². The molecule has 4 rings (SSSR count). The van der Waals surface area contributed by atoms with Crippen LogP contribution in [0.2, 0.25) is 5.02 Å². The number of likely N-dealkylation sites (tertiary alicyclic amines) is 1. The summed E-state index contributed by atoms with van der Waals surface area (Å²) in [5.41, 5.74) is 0.681. The molecule has 0 atom stereocenters. The molecular weight excluding hydrogens is 589 g/mol. The van der Waals surface area contributed by atoms with Crippen LogP contribution in [0.25, 0.3) is 0 Å². The number of halogens is 6. The average Bonchev–Trinajstić information content (AvgIpc) is 2.91. The number of anilines is 2. The van der Waals surface area contributed by atoms with Crippen molar-refractivity contribution in [3.63, 3.8) is 0 Å². The van der Waals surface area contributed by atoms with Crippen molar-refractivity contribution in [1.82, 2.24) is 4.90 Å². The second-order valence-corrected chi connectivity index (χ2v) is 10.4. The molecule has 1 aliphatic rings. The summed E-state index contributed by atoms with van der Waals surface area (Å²) in [6, 6.07) is 15.4. The van der Waals surface area contributed by atoms with E-state index in [0.29, 0.717) is 18.2 Å². The van der Waals surface area contributed by atoms with Crippen LogP contribution in [-0.2, 0) is 20.6 Å². The second-order valence-electron chi connectivity index (χ2n) is 8.87. The highest BCUT2D eigenvalue weighted by Crippen LogP contribution is 2.37. The number of benzene rings is 3. The number of alkyl halides is 3. The fraction of sp³-hybridized carbons (Fsp3) is 0.286. The normalized spacial score (nSPS) is 13.6. The summed E-state index contributed by atoms with van der Waals surface area (Å²) in [7, 11) is 2.15. The lowest BCUT2D eigenvalue weighted by Crippen LogP contribution is -2.41. The van der Waals surface area contributed by atoms with E-state index in [0.717, 1.165) is 53.2 Å². The SMILES string of the molecule is Cc1ccc(F)cc1N(Sc1ccc(Cl)cc1)C1CCN(C)CC1.O=C=O.O=CNc1ccc(C(F)(F)F)c(F)c1. The average molecular weight is 616 g/mol. The monoisotopic (exact) mass is 615 g/mol. The minimum Gasteiger partial charge on any atom is -0.329 e. The van der Waals surface area contributed by atoms with Gasteiger partial charge in [-0.3, -0.25) is 4.79 Å². The molecule has 1 N–H and O–H groups in total. The van der Waals surface area contributed by atoms with Gasteiger partial charge in [-0.2, -0.15) is 22.8 Å². The first-order valence-electron chi connectivity index (χ1n) is 12.1. The molecule has 13 heteroatoms. The number of nitrogens with zero attached hydrogens (tertiary/aromatic N) is 2. The number of amides is 1. The van der Waals surface area contributed by atoms with Gasteiger partial charge in [0.25, 0.3) is 0 Å². The Hall–Kier alpha value is -3.44. The molecule has 3 aromatic rings. The van der Waals surface area contributed by atoms with E-state index in [1.54, 1.807) is 18.0 Å². The summed E-state index contributed by atoms with van der Waals surface area (Å²) in [5.74, 6) is -1.60. The summed E-state index contributed by atoms with van der Waals surface area (Å²) in [6.45, 7) is 4.17. The van der Waals surface area contributed by atoms with E-state index in [1.165, 1.54) is 6.07 Å². The van der Waals surface area contributed by atoms with Gasteiger partial charge in [0, 0.05) is 21.6 Å². The standard InChI is InChI=1S/C19H22ClFN2S.C8H5F4NO.CO2/c1-14-3-6-16(21)13-19(14)23(17-9-11-22(2)12-10-17)24-18-7-4-15(20)5-8-18;9-7-3-5(13-4-14)1-2-6(7)8(10,11)12;2-1-3/h3-8,13,17H,9-12H2,1-2H3;1-4H,(H,13,14);. The van der Waals surface area contributed by atoms with Crippen LogP contribution in [0.15, 0.2) is 65.6 Å². The summed E-state index contributed by atoms with van der Waals surface area (Å²) in [5, 5.41) is 2.77. The largest absolute Gasteiger partial charge is 0.419 e. The molecule has 1 aliphatic heterocycles. The zero-order valence-corrected chi connectivity index (χ0v) is 23.6. The van der Waals surface area contributed by atoms with Gasteiger partial charge in [-0.15, -0.1) is 0 Å². The maximum atomic E-state index is 13.9. The van der Waals surface area contributed by atoms with Gasteiger partial charge in [0.05, 0.1) is 11.3 Å². The van der Waals surface area contributed by atoms with Crippen molar-refractivity contribution in [2.45, 2.75) is 36.9 Å². The van der Waals surface area contributed by atoms with Crippen LogP contribution in [-0.4, -0.2) is 43.6 Å². The first-order valence-corrected chi connectivity index (χ1v) is 13.3. The molecule has 0 aromatic heterocycles. The number of carbonyl (C=O) groups is 1. The number of hydrogen-bond donors (Lipinski definition) is 1. The molecule has 0 unspecified atom stereocenters. The fourth-order valence-corrected chi connectivity index (χ4v) is 5.15. The van der Waals surface area contributed by atoms with Crippen LogP contribution in [0.1, 0.15) is 24.0 Å². The van der Waals surface area contributed by atoms with Crippen molar-refractivity contribution in [2.24, 2.45) is 0 Å². The summed E-state index contributed by atoms with van der Waals surface area (Å²) in [4.78, 5) is 29.6. The highest BCUT2D eigenvalue weighted by atomic mass is 35.5. The van der Waals surface area contributed by atoms with Gasteiger partial charge in [-0.05, 0) is 112 Å². The summed E-state index contributed by atoms with van der Waals surface area (Å²) in [6.07, 6.45) is -2.06. The third-order valence-electron chi connectivity index (χ3n) is 5.95. The van der Waals surface area contributed by atoms with Crippen molar-refractivity contribution in [3.8, 4) is 0 Å². The van der Waals surface area contributed by atoms with E-state index >= 15 is 0 Å². The number of hydrogen-bond acceptors (Lipinski definition) is 6. The minimum absolute atomic E-state index is 0.0227. The van der Waals surface area contributed by atoms with Gasteiger partial charge in [0.15, 0.2) is 0 Å². The van der Waals surface area contributed by atoms with Crippen LogP contribution < -0.4 is 9.62 Å². The van der Waals surface area contributed by atoms with Crippen LogP contribution >= 0.6 is 23.5 Å². The van der Waals surface area contributed by atoms with Gasteiger partial charge in [0.2, 0.25) is 6.41 Å². The smallest absolute Gasteiger partial charge is 0.329 e. The van der Waals surface area contributed by atoms with Crippen LogP contribution in [0.5, 0.6) is 0 Å². The Labute approximate surface area is 243 Å². The molecule has 0 saturated carbocycles. The molecule has 0 radical (unpaired) electrons. The van der Waals surface area contributed by atoms with E-state index in [1.807, 2.05) is 42.6 Å². The van der Waals surface area contributed by atoms with Gasteiger partial charge in [0.1, 0.15) is 11.6 Å². The summed E-state index contributed by atoms with van der Waals surface area (Å²) >= 11 is 7.67. The number of carbonyl (C=O) groups excluding carboxylic acids is 3. The highest BCUT2D eigenvalue weighted by molar-refractivity contribution is 8.00. The van der Waals surface area contributed by atoms with Gasteiger partial charge < -0.3 is 14.5 Å². The van der Waals surface area contributed by atoms with Crippen LogP contribution in [0.4, 0.5) is 33.3 Å². The van der Waals surface area contributed by atoms with Gasteiger partial charge >= 0.3 is 12.3 Å². The molecule has 1 saturated heterocycles. The Balaban J connectivity index is 0.000000294. The van der Waals surface area contributed by atoms with Crippen molar-refractivity contribution >= 4 is 47.5 Å². The lowest BCUT2D eigenvalue weighted by molar-refractivity contribution is -0.191. The van der Waals surface area contributed by atoms with Gasteiger partial charge in [-0.1, -0.05) is 17.7 Å². The second kappa shape index (κ2) is 16.1. The van der Waals surface area contributed by atoms with E-state index in [2.05, 4.69) is 16.3 Å². The minimum atomic E-state index is -4.72. The molecule has 1 heterocycles. The molecule has 6 nitrogen and oxygen atoms in total. The van der Waals surface area contributed by atoms with Crippen LogP contribution in [0.3, 0.4) is 0 Å². The molecule has 0 spiro atoms. The third-order valence-corrected chi connectivity index (χ3v) is 7.37. The van der Waals surface area contributed by atoms with Crippen molar-refractivity contribution in [3.05, 3.63) is 88.4 Å². The number of aryl methyl sites for hydroxylation is 1. The van der Waals surface area contributed by atoms with Crippen molar-refractivity contribution in [2.75, 3.05) is 29.8 Å². The zero-order chi connectivity index (χ0) is 30.6. The van der Waals surface area contributed by atoms with E-state index in [-0.39, 0.29) is 24.1 Å². The predicted molar refractivity (Wildman–Crippen MR) is 148 cm³/mol. The Bertz CT molecular complexity index is 1310. The molecular formula is C28H27ClF5N3O3S. The number of rotatable bonds is 6. The molecule has 0 bridgehead atoms. The van der Waals surface area contributed by atoms with Gasteiger partial charge in [-0.25, -0.2) is 8.78 Å². The van der Waals surface area contributed by atoms with E-state index < -0.39 is 17.6 Å². The fourth-order valence-electron chi connectivity index (χ4n) is 3.88. The lowest BCUT2D eigenvalue weighted by atomic mass is 10.0. The Kier molecular flexibility index (Phi) is 13.3. The molecule has 1 fully saturated rings. The maximum absolute atomic E-state index is 13.9. The molecule has 0 aliphatic carbocycles. The van der Waals surface area contributed by atoms with Crippen molar-refractivity contribution < 1.29 is 36.3 Å². The lowest BCUT2D eigenvalue weighted by Gasteiger charge is -2.38. The topological polar surface area (TPSA) is 69.7 Å². The highest BCUT2D eigenvalue weighted by Gasteiger charge is 2.33. The first kappa shape index (κ1) is 33.8. The third kappa shape index (κ3) is 10.8. The quantitative estimate of drug-likeness (QED) is 0.179. The molecule has 1 amide bonds. The summed E-state index contributed by atoms with van der Waals surface area (Å²) < 4.78 is 65.1. The number of nitrogens with one attached hydrogen (secondary N) is 1. The maximum Gasteiger partial charge on any atom is 0.419 e. The van der Waals surface area contributed by atoms with E-state index in [9.17, 15) is 26.7 Å². The predicted octanol–water partition coefficient (Wildman–Crippen LogP) is 7.22. The first-order chi connectivity index (χ1) is 19.4. The Morgan fingerprint density at radius 3 is 2.17 bits per heavy atom. The zero-order valence-electron chi connectivity index (χ0n) is 22.1. The Morgan fingerprint density at radius 1 is 1.02 bits per heavy atom. The molecule has 3 aromatic carbocycles. The molecule has 220 valence electrons. The van der Waals surface area contributed by atoms with E-state index in [4.69, 9.17) is 21.2 Å².